The van der Waals surface area contributed by atoms with Crippen LogP contribution in [0, 0.1) is 6.92 Å². The number of aliphatic hydroxyl groups is 1. The first-order valence-corrected chi connectivity index (χ1v) is 7.92. The van der Waals surface area contributed by atoms with E-state index in [4.69, 9.17) is 16.3 Å². The first kappa shape index (κ1) is 18.8. The van der Waals surface area contributed by atoms with E-state index in [1.165, 1.54) is 0 Å². The summed E-state index contributed by atoms with van der Waals surface area (Å²) in [4.78, 5) is 11.8. The molecule has 2 N–H and O–H groups in total. The molecule has 1 rings (SSSR count). The van der Waals surface area contributed by atoms with Gasteiger partial charge in [0, 0.05) is 11.4 Å². The van der Waals surface area contributed by atoms with Gasteiger partial charge >= 0.3 is 6.09 Å². The second-order valence-corrected chi connectivity index (χ2v) is 6.92. The van der Waals surface area contributed by atoms with Crippen LogP contribution in [0.4, 0.5) is 4.79 Å². The molecule has 1 aromatic rings. The number of rotatable bonds is 5. The predicted octanol–water partition coefficient (Wildman–Crippen LogP) is 3.86. The van der Waals surface area contributed by atoms with Crippen LogP contribution in [0.3, 0.4) is 0 Å². The summed E-state index contributed by atoms with van der Waals surface area (Å²) in [7, 11) is 0. The Hall–Kier alpha value is -1.26. The van der Waals surface area contributed by atoms with Crippen LogP contribution in [0.2, 0.25) is 5.02 Å². The summed E-state index contributed by atoms with van der Waals surface area (Å²) in [5.74, 6) is 0. The van der Waals surface area contributed by atoms with Crippen LogP contribution in [0.5, 0.6) is 0 Å². The number of ether oxygens (including phenoxy) is 1. The lowest BCUT2D eigenvalue weighted by Crippen LogP contribution is -2.45. The Morgan fingerprint density at radius 2 is 2.05 bits per heavy atom. The number of carbonyl (C=O) groups is 1. The van der Waals surface area contributed by atoms with Crippen LogP contribution >= 0.6 is 11.6 Å². The normalized spacial score (nSPS) is 14.3. The number of benzene rings is 1. The Morgan fingerprint density at radius 3 is 2.55 bits per heavy atom. The molecule has 2 atom stereocenters. The van der Waals surface area contributed by atoms with Crippen molar-refractivity contribution in [2.45, 2.75) is 65.2 Å². The number of aliphatic hydroxyl groups excluding tert-OH is 1. The monoisotopic (exact) mass is 327 g/mol. The fourth-order valence-corrected chi connectivity index (χ4v) is 2.26. The third kappa shape index (κ3) is 6.24. The van der Waals surface area contributed by atoms with E-state index in [2.05, 4.69) is 5.32 Å². The van der Waals surface area contributed by atoms with Crippen LogP contribution in [-0.2, 0) is 11.2 Å². The average Bonchev–Trinajstić information content (AvgIpc) is 2.38. The highest BCUT2D eigenvalue weighted by molar-refractivity contribution is 6.31. The maximum atomic E-state index is 11.8. The Morgan fingerprint density at radius 1 is 1.41 bits per heavy atom. The third-order valence-corrected chi connectivity index (χ3v) is 3.70. The summed E-state index contributed by atoms with van der Waals surface area (Å²) < 4.78 is 5.23. The number of aryl methyl sites for hydroxylation is 1. The van der Waals surface area contributed by atoms with Crippen LogP contribution in [0.25, 0.3) is 0 Å². The first-order chi connectivity index (χ1) is 10.1. The highest BCUT2D eigenvalue weighted by atomic mass is 35.5. The molecule has 0 aliphatic carbocycles. The minimum Gasteiger partial charge on any atom is -0.444 e. The van der Waals surface area contributed by atoms with Crippen LogP contribution in [-0.4, -0.2) is 28.9 Å². The van der Waals surface area contributed by atoms with E-state index in [0.29, 0.717) is 17.9 Å². The maximum Gasteiger partial charge on any atom is 0.407 e. The Bertz CT molecular complexity index is 511. The molecule has 0 aliphatic rings. The molecule has 5 heteroatoms. The highest BCUT2D eigenvalue weighted by Crippen LogP contribution is 2.18. The van der Waals surface area contributed by atoms with Crippen molar-refractivity contribution in [3.05, 3.63) is 34.3 Å². The standard InChI is InChI=1S/C17H26ClNO3/c1-6-14(19-16(21)22-17(3,4)5)15(20)10-12-7-8-13(18)11(2)9-12/h7-9,14-15,20H,6,10H2,1-5H3,(H,19,21)/t14-,15?/m0/s1. The molecule has 0 saturated carbocycles. The van der Waals surface area contributed by atoms with E-state index in [-0.39, 0.29) is 6.04 Å². The Labute approximate surface area is 137 Å². The van der Waals surface area contributed by atoms with E-state index < -0.39 is 17.8 Å². The second-order valence-electron chi connectivity index (χ2n) is 6.52. The predicted molar refractivity (Wildman–Crippen MR) is 89.3 cm³/mol. The number of halogens is 1. The molecule has 1 aromatic carbocycles. The van der Waals surface area contributed by atoms with Gasteiger partial charge in [-0.25, -0.2) is 4.79 Å². The molecule has 0 bridgehead atoms. The van der Waals surface area contributed by atoms with Crippen molar-refractivity contribution in [1.82, 2.24) is 5.32 Å². The van der Waals surface area contributed by atoms with Crippen LogP contribution in [0.15, 0.2) is 18.2 Å². The van der Waals surface area contributed by atoms with Gasteiger partial charge in [0.05, 0.1) is 12.1 Å². The van der Waals surface area contributed by atoms with Gasteiger partial charge in [0.1, 0.15) is 5.60 Å². The average molecular weight is 328 g/mol. The Balaban J connectivity index is 2.65. The summed E-state index contributed by atoms with van der Waals surface area (Å²) in [5.41, 5.74) is 1.40. The Kier molecular flexibility index (Phi) is 6.69. The van der Waals surface area contributed by atoms with Crippen molar-refractivity contribution in [3.8, 4) is 0 Å². The van der Waals surface area contributed by atoms with E-state index >= 15 is 0 Å². The van der Waals surface area contributed by atoms with E-state index in [1.54, 1.807) is 20.8 Å². The van der Waals surface area contributed by atoms with Gasteiger partial charge in [-0.05, 0) is 51.3 Å². The number of nitrogens with one attached hydrogen (secondary N) is 1. The first-order valence-electron chi connectivity index (χ1n) is 7.55. The van der Waals surface area contributed by atoms with Crippen molar-refractivity contribution in [2.24, 2.45) is 0 Å². The summed E-state index contributed by atoms with van der Waals surface area (Å²) in [6.07, 6.45) is -0.122. The molecule has 22 heavy (non-hydrogen) atoms. The van der Waals surface area contributed by atoms with E-state index in [1.807, 2.05) is 32.0 Å². The van der Waals surface area contributed by atoms with Crippen molar-refractivity contribution < 1.29 is 14.6 Å². The molecule has 0 spiro atoms. The highest BCUT2D eigenvalue weighted by Gasteiger charge is 2.23. The van der Waals surface area contributed by atoms with Crippen molar-refractivity contribution >= 4 is 17.7 Å². The van der Waals surface area contributed by atoms with Crippen molar-refractivity contribution in [1.29, 1.82) is 0 Å². The smallest absolute Gasteiger partial charge is 0.407 e. The quantitative estimate of drug-likeness (QED) is 0.863. The summed E-state index contributed by atoms with van der Waals surface area (Å²) in [6.45, 7) is 9.26. The molecule has 0 saturated heterocycles. The summed E-state index contributed by atoms with van der Waals surface area (Å²) in [5, 5.41) is 13.8. The van der Waals surface area contributed by atoms with Gasteiger partial charge in [-0.1, -0.05) is 30.7 Å². The number of alkyl carbamates (subject to hydrolysis) is 1. The number of hydrogen-bond acceptors (Lipinski definition) is 3. The molecule has 1 amide bonds. The summed E-state index contributed by atoms with van der Waals surface area (Å²) in [6, 6.07) is 5.30. The molecule has 4 nitrogen and oxygen atoms in total. The zero-order chi connectivity index (χ0) is 16.9. The lowest BCUT2D eigenvalue weighted by molar-refractivity contribution is 0.0419. The third-order valence-electron chi connectivity index (χ3n) is 3.27. The lowest BCUT2D eigenvalue weighted by atomic mass is 9.99. The zero-order valence-electron chi connectivity index (χ0n) is 13.9. The van der Waals surface area contributed by atoms with Gasteiger partial charge in [-0.15, -0.1) is 0 Å². The number of carbonyl (C=O) groups excluding carboxylic acids is 1. The minimum atomic E-state index is -0.682. The molecular formula is C17H26ClNO3. The number of amides is 1. The molecule has 0 heterocycles. The van der Waals surface area contributed by atoms with E-state index in [0.717, 1.165) is 11.1 Å². The fraction of sp³-hybridized carbons (Fsp3) is 0.588. The molecule has 0 fully saturated rings. The molecule has 0 aromatic heterocycles. The van der Waals surface area contributed by atoms with Crippen LogP contribution < -0.4 is 5.32 Å². The van der Waals surface area contributed by atoms with Crippen molar-refractivity contribution in [3.63, 3.8) is 0 Å². The second kappa shape index (κ2) is 7.84. The van der Waals surface area contributed by atoms with Gasteiger partial charge in [0.15, 0.2) is 0 Å². The molecular weight excluding hydrogens is 302 g/mol. The maximum absolute atomic E-state index is 11.8. The fourth-order valence-electron chi connectivity index (χ4n) is 2.15. The van der Waals surface area contributed by atoms with Crippen molar-refractivity contribution in [2.75, 3.05) is 0 Å². The summed E-state index contributed by atoms with van der Waals surface area (Å²) >= 11 is 6.00. The van der Waals surface area contributed by atoms with Gasteiger partial charge in [0.2, 0.25) is 0 Å². The zero-order valence-corrected chi connectivity index (χ0v) is 14.7. The molecule has 124 valence electrons. The minimum absolute atomic E-state index is 0.356. The molecule has 0 aliphatic heterocycles. The van der Waals surface area contributed by atoms with E-state index in [9.17, 15) is 9.90 Å². The SMILES string of the molecule is CC[C@H](NC(=O)OC(C)(C)C)C(O)Cc1ccc(Cl)c(C)c1. The topological polar surface area (TPSA) is 58.6 Å². The number of hydrogen-bond donors (Lipinski definition) is 2. The van der Waals surface area contributed by atoms with Crippen LogP contribution in [0.1, 0.15) is 45.2 Å². The molecule has 1 unspecified atom stereocenters. The van der Waals surface area contributed by atoms with Gasteiger partial charge in [-0.2, -0.15) is 0 Å². The largest absolute Gasteiger partial charge is 0.444 e. The van der Waals surface area contributed by atoms with Gasteiger partial charge in [0.25, 0.3) is 0 Å². The van der Waals surface area contributed by atoms with Gasteiger partial charge < -0.3 is 15.2 Å². The lowest BCUT2D eigenvalue weighted by Gasteiger charge is -2.26. The van der Waals surface area contributed by atoms with Gasteiger partial charge in [-0.3, -0.25) is 0 Å². The molecule has 0 radical (unpaired) electrons.